The van der Waals surface area contributed by atoms with E-state index in [0.29, 0.717) is 11.3 Å². The van der Waals surface area contributed by atoms with Gasteiger partial charge in [-0.1, -0.05) is 52.8 Å². The second-order valence-electron chi connectivity index (χ2n) is 5.06. The van der Waals surface area contributed by atoms with Gasteiger partial charge in [-0.15, -0.1) is 0 Å². The van der Waals surface area contributed by atoms with E-state index < -0.39 is 0 Å². The van der Waals surface area contributed by atoms with Crippen LogP contribution in [0.2, 0.25) is 0 Å². The fourth-order valence-corrected chi connectivity index (χ4v) is 1.62. The molecule has 1 aliphatic carbocycles. The molecular weight excluding hydrogens is 156 g/mol. The minimum atomic E-state index is 0.387. The quantitative estimate of drug-likeness (QED) is 0.594. The molecule has 1 atom stereocenters. The zero-order valence-electron chi connectivity index (χ0n) is 9.59. The number of hydrogen-bond acceptors (Lipinski definition) is 0. The molecular formula is C13H22. The Kier molecular flexibility index (Phi) is 3.00. The highest BCUT2D eigenvalue weighted by Gasteiger charge is 2.26. The van der Waals surface area contributed by atoms with Crippen LogP contribution in [0.25, 0.3) is 0 Å². The first-order valence-corrected chi connectivity index (χ1v) is 5.35. The SMILES string of the molecule is CC(C)C1=CC[C@](C)(C(C)C)C=C1. The maximum atomic E-state index is 2.41. The highest BCUT2D eigenvalue weighted by molar-refractivity contribution is 5.27. The molecule has 0 N–H and O–H groups in total. The van der Waals surface area contributed by atoms with Crippen molar-refractivity contribution in [3.05, 3.63) is 23.8 Å². The first-order valence-electron chi connectivity index (χ1n) is 5.35. The van der Waals surface area contributed by atoms with Crippen LogP contribution >= 0.6 is 0 Å². The molecule has 1 aliphatic rings. The Morgan fingerprint density at radius 1 is 1.23 bits per heavy atom. The predicted octanol–water partition coefficient (Wildman–Crippen LogP) is 4.19. The molecule has 0 aliphatic heterocycles. The third-order valence-electron chi connectivity index (χ3n) is 3.42. The lowest BCUT2D eigenvalue weighted by atomic mass is 9.72. The van der Waals surface area contributed by atoms with Crippen molar-refractivity contribution in [3.8, 4) is 0 Å². The fourth-order valence-electron chi connectivity index (χ4n) is 1.62. The summed E-state index contributed by atoms with van der Waals surface area (Å²) in [6.45, 7) is 11.5. The molecule has 0 spiro atoms. The van der Waals surface area contributed by atoms with Crippen LogP contribution in [0, 0.1) is 17.3 Å². The van der Waals surface area contributed by atoms with Gasteiger partial charge in [-0.2, -0.15) is 0 Å². The largest absolute Gasteiger partial charge is 0.0802 e. The summed E-state index contributed by atoms with van der Waals surface area (Å²) in [4.78, 5) is 0. The maximum Gasteiger partial charge on any atom is -0.00857 e. The zero-order chi connectivity index (χ0) is 10.1. The van der Waals surface area contributed by atoms with Gasteiger partial charge < -0.3 is 0 Å². The second kappa shape index (κ2) is 3.69. The minimum Gasteiger partial charge on any atom is -0.0802 e. The van der Waals surface area contributed by atoms with E-state index in [1.807, 2.05) is 0 Å². The highest BCUT2D eigenvalue weighted by Crippen LogP contribution is 2.37. The predicted molar refractivity (Wildman–Crippen MR) is 59.6 cm³/mol. The van der Waals surface area contributed by atoms with E-state index in [2.05, 4.69) is 52.8 Å². The molecule has 0 amide bonds. The van der Waals surface area contributed by atoms with Crippen LogP contribution in [0.15, 0.2) is 23.8 Å². The standard InChI is InChI=1S/C13H22/c1-10(2)12-6-8-13(5,9-7-12)11(3)4/h6-8,10-11H,9H2,1-5H3/t13-/m1/s1. The summed E-state index contributed by atoms with van der Waals surface area (Å²) < 4.78 is 0. The minimum absolute atomic E-state index is 0.387. The molecule has 0 heteroatoms. The fraction of sp³-hybridized carbons (Fsp3) is 0.692. The van der Waals surface area contributed by atoms with Crippen LogP contribution < -0.4 is 0 Å². The van der Waals surface area contributed by atoms with Gasteiger partial charge in [0.15, 0.2) is 0 Å². The third-order valence-corrected chi connectivity index (χ3v) is 3.42. The van der Waals surface area contributed by atoms with Gasteiger partial charge in [0.1, 0.15) is 0 Å². The summed E-state index contributed by atoms with van der Waals surface area (Å²) >= 11 is 0. The molecule has 0 bridgehead atoms. The maximum absolute atomic E-state index is 2.41. The topological polar surface area (TPSA) is 0 Å². The summed E-state index contributed by atoms with van der Waals surface area (Å²) in [7, 11) is 0. The molecule has 0 aromatic carbocycles. The van der Waals surface area contributed by atoms with Crippen molar-refractivity contribution in [2.75, 3.05) is 0 Å². The summed E-state index contributed by atoms with van der Waals surface area (Å²) in [5.74, 6) is 1.40. The Morgan fingerprint density at radius 3 is 2.15 bits per heavy atom. The van der Waals surface area contributed by atoms with Crippen LogP contribution in [0.1, 0.15) is 41.0 Å². The molecule has 0 saturated heterocycles. The lowest BCUT2D eigenvalue weighted by molar-refractivity contribution is 0.297. The van der Waals surface area contributed by atoms with Crippen LogP contribution in [-0.2, 0) is 0 Å². The molecule has 0 aromatic rings. The Bertz CT molecular complexity index is 230. The summed E-state index contributed by atoms with van der Waals surface area (Å²) in [6.07, 6.45) is 8.32. The van der Waals surface area contributed by atoms with Crippen LogP contribution in [0.5, 0.6) is 0 Å². The lowest BCUT2D eigenvalue weighted by Gasteiger charge is -2.32. The zero-order valence-corrected chi connectivity index (χ0v) is 9.59. The molecule has 0 aromatic heterocycles. The number of rotatable bonds is 2. The Balaban J connectivity index is 2.73. The molecule has 0 radical (unpaired) electrons. The van der Waals surface area contributed by atoms with Gasteiger partial charge in [0, 0.05) is 0 Å². The van der Waals surface area contributed by atoms with Crippen LogP contribution in [0.3, 0.4) is 0 Å². The summed E-state index contributed by atoms with van der Waals surface area (Å²) in [5, 5.41) is 0. The van der Waals surface area contributed by atoms with Crippen molar-refractivity contribution in [2.45, 2.75) is 41.0 Å². The van der Waals surface area contributed by atoms with Gasteiger partial charge in [-0.05, 0) is 29.2 Å². The van der Waals surface area contributed by atoms with Gasteiger partial charge in [-0.25, -0.2) is 0 Å². The van der Waals surface area contributed by atoms with Crippen molar-refractivity contribution in [3.63, 3.8) is 0 Å². The monoisotopic (exact) mass is 178 g/mol. The normalized spacial score (nSPS) is 28.4. The average Bonchev–Trinajstić information content (AvgIpc) is 2.04. The van der Waals surface area contributed by atoms with Crippen molar-refractivity contribution in [2.24, 2.45) is 17.3 Å². The van der Waals surface area contributed by atoms with Crippen molar-refractivity contribution in [1.29, 1.82) is 0 Å². The Hall–Kier alpha value is -0.520. The highest BCUT2D eigenvalue weighted by atomic mass is 14.3. The molecule has 13 heavy (non-hydrogen) atoms. The van der Waals surface area contributed by atoms with Crippen LogP contribution in [-0.4, -0.2) is 0 Å². The van der Waals surface area contributed by atoms with Crippen LogP contribution in [0.4, 0.5) is 0 Å². The molecule has 0 saturated carbocycles. The van der Waals surface area contributed by atoms with E-state index in [1.54, 1.807) is 0 Å². The van der Waals surface area contributed by atoms with Gasteiger partial charge in [0.25, 0.3) is 0 Å². The van der Waals surface area contributed by atoms with Crippen molar-refractivity contribution in [1.82, 2.24) is 0 Å². The van der Waals surface area contributed by atoms with E-state index >= 15 is 0 Å². The average molecular weight is 178 g/mol. The van der Waals surface area contributed by atoms with Gasteiger partial charge >= 0.3 is 0 Å². The van der Waals surface area contributed by atoms with E-state index in [1.165, 1.54) is 12.0 Å². The molecule has 0 heterocycles. The van der Waals surface area contributed by atoms with Gasteiger partial charge in [0.05, 0.1) is 0 Å². The van der Waals surface area contributed by atoms with E-state index in [9.17, 15) is 0 Å². The smallest absolute Gasteiger partial charge is 0.00857 e. The molecule has 1 rings (SSSR count). The van der Waals surface area contributed by atoms with Crippen molar-refractivity contribution < 1.29 is 0 Å². The molecule has 74 valence electrons. The second-order valence-corrected chi connectivity index (χ2v) is 5.06. The third kappa shape index (κ3) is 2.24. The Labute approximate surface area is 82.7 Å². The number of allylic oxidation sites excluding steroid dienone is 4. The van der Waals surface area contributed by atoms with Gasteiger partial charge in [0.2, 0.25) is 0 Å². The van der Waals surface area contributed by atoms with E-state index in [-0.39, 0.29) is 0 Å². The summed E-state index contributed by atoms with van der Waals surface area (Å²) in [5.41, 5.74) is 1.89. The Morgan fingerprint density at radius 2 is 1.85 bits per heavy atom. The first kappa shape index (κ1) is 10.6. The molecule has 0 unspecified atom stereocenters. The van der Waals surface area contributed by atoms with Crippen molar-refractivity contribution >= 4 is 0 Å². The first-order chi connectivity index (χ1) is 5.96. The molecule has 0 fully saturated rings. The lowest BCUT2D eigenvalue weighted by Crippen LogP contribution is -2.22. The van der Waals surface area contributed by atoms with Gasteiger partial charge in [-0.3, -0.25) is 0 Å². The van der Waals surface area contributed by atoms with E-state index in [0.717, 1.165) is 5.92 Å². The van der Waals surface area contributed by atoms with E-state index in [4.69, 9.17) is 0 Å². The summed E-state index contributed by atoms with van der Waals surface area (Å²) in [6, 6.07) is 0. The number of hydrogen-bond donors (Lipinski definition) is 0. The molecule has 0 nitrogen and oxygen atoms in total.